The summed E-state index contributed by atoms with van der Waals surface area (Å²) in [7, 11) is 0. The van der Waals surface area contributed by atoms with Crippen LogP contribution >= 0.6 is 0 Å². The van der Waals surface area contributed by atoms with E-state index in [1.807, 2.05) is 13.8 Å². The van der Waals surface area contributed by atoms with Crippen LogP contribution in [0.2, 0.25) is 0 Å². The van der Waals surface area contributed by atoms with E-state index >= 15 is 0 Å². The number of anilines is 1. The van der Waals surface area contributed by atoms with Crippen LogP contribution in [0, 0.1) is 17.6 Å². The number of hydrogen-bond donors (Lipinski definition) is 2. The topological polar surface area (TPSA) is 58.2 Å². The Kier molecular flexibility index (Phi) is 6.09. The van der Waals surface area contributed by atoms with Crippen molar-refractivity contribution >= 4 is 17.5 Å². The molecule has 0 spiro atoms. The molecule has 0 heterocycles. The van der Waals surface area contributed by atoms with Crippen LogP contribution in [0.5, 0.6) is 0 Å². The smallest absolute Gasteiger partial charge is 0.243 e. The van der Waals surface area contributed by atoms with Crippen molar-refractivity contribution in [1.29, 1.82) is 0 Å². The lowest BCUT2D eigenvalue weighted by Gasteiger charge is -2.13. The first kappa shape index (κ1) is 16.1. The molecular formula is C14H18F2N2O2. The van der Waals surface area contributed by atoms with E-state index in [0.717, 1.165) is 12.1 Å². The van der Waals surface area contributed by atoms with Gasteiger partial charge < -0.3 is 10.6 Å². The summed E-state index contributed by atoms with van der Waals surface area (Å²) >= 11 is 0. The van der Waals surface area contributed by atoms with Gasteiger partial charge in [-0.05, 0) is 25.0 Å². The van der Waals surface area contributed by atoms with Crippen LogP contribution in [0.15, 0.2) is 18.2 Å². The van der Waals surface area contributed by atoms with E-state index < -0.39 is 23.2 Å². The lowest BCUT2D eigenvalue weighted by molar-refractivity contribution is -0.127. The molecule has 1 aromatic carbocycles. The van der Waals surface area contributed by atoms with Gasteiger partial charge in [-0.1, -0.05) is 19.9 Å². The lowest BCUT2D eigenvalue weighted by Crippen LogP contribution is -2.36. The van der Waals surface area contributed by atoms with Gasteiger partial charge in [-0.2, -0.15) is 0 Å². The molecular weight excluding hydrogens is 266 g/mol. The molecule has 2 N–H and O–H groups in total. The number of carbonyl (C=O) groups excluding carboxylic acids is 2. The average molecular weight is 284 g/mol. The fraction of sp³-hybridized carbons (Fsp3) is 0.429. The maximum Gasteiger partial charge on any atom is 0.243 e. The minimum atomic E-state index is -0.857. The summed E-state index contributed by atoms with van der Waals surface area (Å²) in [4.78, 5) is 23.2. The lowest BCUT2D eigenvalue weighted by atomic mass is 10.0. The van der Waals surface area contributed by atoms with Gasteiger partial charge in [-0.3, -0.25) is 9.59 Å². The van der Waals surface area contributed by atoms with Gasteiger partial charge in [-0.15, -0.1) is 0 Å². The SMILES string of the molecule is CCC(CC)C(=O)NCC(=O)Nc1c(F)cccc1F. The number of rotatable bonds is 6. The molecule has 1 aromatic rings. The van der Waals surface area contributed by atoms with Crippen molar-refractivity contribution in [3.8, 4) is 0 Å². The van der Waals surface area contributed by atoms with E-state index in [9.17, 15) is 18.4 Å². The van der Waals surface area contributed by atoms with Crippen molar-refractivity contribution in [1.82, 2.24) is 5.32 Å². The van der Waals surface area contributed by atoms with Gasteiger partial charge in [0.15, 0.2) is 0 Å². The van der Waals surface area contributed by atoms with E-state index in [4.69, 9.17) is 0 Å². The van der Waals surface area contributed by atoms with Crippen molar-refractivity contribution in [3.05, 3.63) is 29.8 Å². The molecule has 0 saturated heterocycles. The Morgan fingerprint density at radius 2 is 1.70 bits per heavy atom. The third kappa shape index (κ3) is 4.29. The number of hydrogen-bond acceptors (Lipinski definition) is 2. The number of benzene rings is 1. The molecule has 0 bridgehead atoms. The molecule has 0 aliphatic carbocycles. The van der Waals surface area contributed by atoms with Crippen molar-refractivity contribution < 1.29 is 18.4 Å². The standard InChI is InChI=1S/C14H18F2N2O2/c1-3-9(4-2)14(20)17-8-12(19)18-13-10(15)6-5-7-11(13)16/h5-7,9H,3-4,8H2,1-2H3,(H,17,20)(H,18,19). The first-order valence-electron chi connectivity index (χ1n) is 6.51. The summed E-state index contributed by atoms with van der Waals surface area (Å²) < 4.78 is 26.6. The molecule has 0 radical (unpaired) electrons. The van der Waals surface area contributed by atoms with E-state index in [-0.39, 0.29) is 18.4 Å². The summed E-state index contributed by atoms with van der Waals surface area (Å²) in [6, 6.07) is 3.29. The van der Waals surface area contributed by atoms with Gasteiger partial charge in [0.1, 0.15) is 17.3 Å². The monoisotopic (exact) mass is 284 g/mol. The molecule has 0 saturated carbocycles. The van der Waals surface area contributed by atoms with Crippen LogP contribution in [0.25, 0.3) is 0 Å². The predicted molar refractivity (Wildman–Crippen MR) is 72.1 cm³/mol. The normalized spacial score (nSPS) is 10.4. The summed E-state index contributed by atoms with van der Waals surface area (Å²) in [6.07, 6.45) is 1.35. The Morgan fingerprint density at radius 3 is 2.20 bits per heavy atom. The molecule has 0 aliphatic rings. The third-order valence-corrected chi connectivity index (χ3v) is 3.01. The van der Waals surface area contributed by atoms with Gasteiger partial charge in [-0.25, -0.2) is 8.78 Å². The minimum absolute atomic E-state index is 0.159. The first-order valence-corrected chi connectivity index (χ1v) is 6.51. The van der Waals surface area contributed by atoms with Crippen molar-refractivity contribution in [2.75, 3.05) is 11.9 Å². The minimum Gasteiger partial charge on any atom is -0.347 e. The van der Waals surface area contributed by atoms with Gasteiger partial charge in [0, 0.05) is 5.92 Å². The van der Waals surface area contributed by atoms with Crippen LogP contribution in [-0.2, 0) is 9.59 Å². The number of carbonyl (C=O) groups is 2. The molecule has 0 atom stereocenters. The molecule has 2 amide bonds. The average Bonchev–Trinajstić information content (AvgIpc) is 2.42. The predicted octanol–water partition coefficient (Wildman–Crippen LogP) is 2.46. The molecule has 0 fully saturated rings. The summed E-state index contributed by atoms with van der Waals surface area (Å²) in [5.41, 5.74) is -0.505. The summed E-state index contributed by atoms with van der Waals surface area (Å²) in [6.45, 7) is 3.44. The molecule has 110 valence electrons. The summed E-state index contributed by atoms with van der Waals surface area (Å²) in [5, 5.41) is 4.55. The van der Waals surface area contributed by atoms with E-state index in [1.54, 1.807) is 0 Å². The van der Waals surface area contributed by atoms with E-state index in [0.29, 0.717) is 12.8 Å². The highest BCUT2D eigenvalue weighted by atomic mass is 19.1. The largest absolute Gasteiger partial charge is 0.347 e. The fourth-order valence-electron chi connectivity index (χ4n) is 1.77. The third-order valence-electron chi connectivity index (χ3n) is 3.01. The van der Waals surface area contributed by atoms with Gasteiger partial charge in [0.2, 0.25) is 11.8 Å². The van der Waals surface area contributed by atoms with Crippen molar-refractivity contribution in [2.45, 2.75) is 26.7 Å². The highest BCUT2D eigenvalue weighted by Gasteiger charge is 2.16. The second-order valence-corrected chi connectivity index (χ2v) is 4.38. The number of para-hydroxylation sites is 1. The van der Waals surface area contributed by atoms with E-state index in [2.05, 4.69) is 10.6 Å². The Bertz CT molecular complexity index is 468. The van der Waals surface area contributed by atoms with Crippen molar-refractivity contribution in [3.63, 3.8) is 0 Å². The second-order valence-electron chi connectivity index (χ2n) is 4.38. The molecule has 6 heteroatoms. The Hall–Kier alpha value is -1.98. The highest BCUT2D eigenvalue weighted by molar-refractivity contribution is 5.94. The zero-order valence-electron chi connectivity index (χ0n) is 11.5. The highest BCUT2D eigenvalue weighted by Crippen LogP contribution is 2.17. The van der Waals surface area contributed by atoms with Gasteiger partial charge in [0.05, 0.1) is 6.54 Å². The number of nitrogens with one attached hydrogen (secondary N) is 2. The van der Waals surface area contributed by atoms with Crippen LogP contribution in [0.1, 0.15) is 26.7 Å². The van der Waals surface area contributed by atoms with Gasteiger partial charge in [0.25, 0.3) is 0 Å². The van der Waals surface area contributed by atoms with Crippen molar-refractivity contribution in [2.24, 2.45) is 5.92 Å². The fourth-order valence-corrected chi connectivity index (χ4v) is 1.77. The second kappa shape index (κ2) is 7.57. The Labute approximate surface area is 116 Å². The molecule has 1 rings (SSSR count). The number of halogens is 2. The Balaban J connectivity index is 2.55. The molecule has 20 heavy (non-hydrogen) atoms. The van der Waals surface area contributed by atoms with Crippen LogP contribution in [0.3, 0.4) is 0 Å². The van der Waals surface area contributed by atoms with Crippen LogP contribution in [-0.4, -0.2) is 18.4 Å². The van der Waals surface area contributed by atoms with E-state index in [1.165, 1.54) is 6.07 Å². The number of amides is 2. The first-order chi connectivity index (χ1) is 9.49. The van der Waals surface area contributed by atoms with Crippen LogP contribution in [0.4, 0.5) is 14.5 Å². The quantitative estimate of drug-likeness (QED) is 0.843. The molecule has 0 aromatic heterocycles. The molecule has 0 aliphatic heterocycles. The van der Waals surface area contributed by atoms with Gasteiger partial charge >= 0.3 is 0 Å². The zero-order valence-corrected chi connectivity index (χ0v) is 11.5. The zero-order chi connectivity index (χ0) is 15.1. The maximum absolute atomic E-state index is 13.3. The van der Waals surface area contributed by atoms with Crippen LogP contribution < -0.4 is 10.6 Å². The Morgan fingerprint density at radius 1 is 1.15 bits per heavy atom. The molecule has 4 nitrogen and oxygen atoms in total. The maximum atomic E-state index is 13.3. The molecule has 0 unspecified atom stereocenters. The summed E-state index contributed by atoms with van der Waals surface area (Å²) in [5.74, 6) is -2.78.